The van der Waals surface area contributed by atoms with Crippen LogP contribution in [0.15, 0.2) is 18.2 Å². The highest BCUT2D eigenvalue weighted by Gasteiger charge is 2.38. The van der Waals surface area contributed by atoms with Crippen LogP contribution in [-0.2, 0) is 9.59 Å². The zero-order chi connectivity index (χ0) is 21.3. The van der Waals surface area contributed by atoms with Gasteiger partial charge in [-0.2, -0.15) is 0 Å². The van der Waals surface area contributed by atoms with Gasteiger partial charge < -0.3 is 10.2 Å². The first kappa shape index (κ1) is 21.0. The number of likely N-dealkylation sites (tertiary alicyclic amines) is 1. The third-order valence-corrected chi connectivity index (χ3v) is 5.20. The second-order valence-corrected chi connectivity index (χ2v) is 7.75. The molecule has 1 N–H and O–H groups in total. The zero-order valence-electron chi connectivity index (χ0n) is 15.0. The number of alkyl halides is 2. The van der Waals surface area contributed by atoms with Gasteiger partial charge in [0.05, 0.1) is 16.1 Å². The molecule has 2 aliphatic rings. The number of imide groups is 1. The maximum Gasteiger partial charge on any atom is 0.270 e. The number of benzene rings is 1. The third-order valence-electron chi connectivity index (χ3n) is 4.83. The number of nitrogens with zero attached hydrogens (tertiary/aromatic N) is 3. The number of carbonyl (C=O) groups excluding carboxylic acids is 4. The second kappa shape index (κ2) is 8.34. The number of rotatable bonds is 5. The summed E-state index contributed by atoms with van der Waals surface area (Å²) in [7, 11) is 0. The molecule has 2 aliphatic heterocycles. The lowest BCUT2D eigenvalue weighted by Crippen LogP contribution is -2.50. The Balaban J connectivity index is 1.58. The van der Waals surface area contributed by atoms with Crippen molar-refractivity contribution in [2.24, 2.45) is 0 Å². The van der Waals surface area contributed by atoms with Gasteiger partial charge in [0.25, 0.3) is 23.4 Å². The van der Waals surface area contributed by atoms with Crippen molar-refractivity contribution in [3.63, 3.8) is 0 Å². The van der Waals surface area contributed by atoms with E-state index in [1.807, 2.05) is 0 Å². The number of hydrogen-bond donors (Lipinski definition) is 1. The van der Waals surface area contributed by atoms with E-state index in [1.165, 1.54) is 11.0 Å². The molecule has 2 heterocycles. The molecule has 1 aromatic rings. The fraction of sp³-hybridized carbons (Fsp3) is 0.412. The van der Waals surface area contributed by atoms with Gasteiger partial charge in [0.2, 0.25) is 5.91 Å². The minimum absolute atomic E-state index is 0.0249. The van der Waals surface area contributed by atoms with E-state index in [0.717, 1.165) is 17.0 Å². The van der Waals surface area contributed by atoms with Crippen LogP contribution in [0, 0.1) is 10.1 Å². The summed E-state index contributed by atoms with van der Waals surface area (Å²) in [6, 6.07) is 3.14. The van der Waals surface area contributed by atoms with Crippen LogP contribution < -0.4 is 5.32 Å². The largest absolute Gasteiger partial charge is 0.352 e. The number of carbonyl (C=O) groups is 4. The number of amides is 4. The Labute approximate surface area is 174 Å². The number of hydrogen-bond acceptors (Lipinski definition) is 6. The Hall–Kier alpha value is -2.72. The number of nitrogens with one attached hydrogen (secondary N) is 1. The molecule has 1 fully saturated rings. The van der Waals surface area contributed by atoms with Gasteiger partial charge in [-0.05, 0) is 18.9 Å². The van der Waals surface area contributed by atoms with Crippen molar-refractivity contribution in [2.75, 3.05) is 19.6 Å². The number of fused-ring (bicyclic) bond motifs is 1. The van der Waals surface area contributed by atoms with Gasteiger partial charge in [-0.1, -0.05) is 23.2 Å². The number of non-ortho nitro benzene ring substituents is 1. The second-order valence-electron chi connectivity index (χ2n) is 6.65. The van der Waals surface area contributed by atoms with Crippen LogP contribution in [-0.4, -0.2) is 68.9 Å². The summed E-state index contributed by atoms with van der Waals surface area (Å²) in [6.07, 6.45) is 0.957. The Morgan fingerprint density at radius 2 is 1.79 bits per heavy atom. The molecule has 0 atom stereocenters. The standard InChI is InChI=1S/C17H16Cl2N4O6/c18-14(19)17(27)21-5-3-9(4-6-21)20-13(24)8-22-15(25)11-2-1-10(23(28)29)7-12(11)16(22)26/h1-2,7,9,14H,3-6,8H2,(H,20,24). The number of nitro benzene ring substituents is 1. The van der Waals surface area contributed by atoms with Crippen LogP contribution in [0.5, 0.6) is 0 Å². The molecule has 4 amide bonds. The van der Waals surface area contributed by atoms with Crippen molar-refractivity contribution in [2.45, 2.75) is 23.7 Å². The minimum Gasteiger partial charge on any atom is -0.352 e. The number of nitro groups is 1. The van der Waals surface area contributed by atoms with Gasteiger partial charge in [0.1, 0.15) is 6.54 Å². The summed E-state index contributed by atoms with van der Waals surface area (Å²) >= 11 is 11.1. The lowest BCUT2D eigenvalue weighted by Gasteiger charge is -2.32. The summed E-state index contributed by atoms with van der Waals surface area (Å²) in [5, 5.41) is 13.6. The zero-order valence-corrected chi connectivity index (χ0v) is 16.5. The van der Waals surface area contributed by atoms with Crippen molar-refractivity contribution >= 4 is 52.5 Å². The summed E-state index contributed by atoms with van der Waals surface area (Å²) in [5.74, 6) is -2.35. The number of halogens is 2. The van der Waals surface area contributed by atoms with E-state index in [2.05, 4.69) is 5.32 Å². The quantitative estimate of drug-likeness (QED) is 0.314. The average Bonchev–Trinajstić information content (AvgIpc) is 2.92. The topological polar surface area (TPSA) is 130 Å². The van der Waals surface area contributed by atoms with Gasteiger partial charge in [-0.15, -0.1) is 0 Å². The van der Waals surface area contributed by atoms with Crippen LogP contribution in [0.25, 0.3) is 0 Å². The molecule has 0 unspecified atom stereocenters. The van der Waals surface area contributed by atoms with Crippen LogP contribution in [0.2, 0.25) is 0 Å². The minimum atomic E-state index is -1.13. The van der Waals surface area contributed by atoms with Gasteiger partial charge in [0.15, 0.2) is 4.84 Å². The average molecular weight is 443 g/mol. The Morgan fingerprint density at radius 1 is 1.17 bits per heavy atom. The summed E-state index contributed by atoms with van der Waals surface area (Å²) in [5.41, 5.74) is -0.383. The lowest BCUT2D eigenvalue weighted by molar-refractivity contribution is -0.384. The summed E-state index contributed by atoms with van der Waals surface area (Å²) < 4.78 is 0. The molecule has 1 saturated heterocycles. The van der Waals surface area contributed by atoms with Crippen molar-refractivity contribution in [3.05, 3.63) is 39.4 Å². The van der Waals surface area contributed by atoms with E-state index in [0.29, 0.717) is 25.9 Å². The van der Waals surface area contributed by atoms with Gasteiger partial charge >= 0.3 is 0 Å². The SMILES string of the molecule is O=C(CN1C(=O)c2ccc([N+](=O)[O-])cc2C1=O)NC1CCN(C(=O)C(Cl)Cl)CC1. The van der Waals surface area contributed by atoms with E-state index >= 15 is 0 Å². The van der Waals surface area contributed by atoms with E-state index in [9.17, 15) is 29.3 Å². The molecule has 1 aromatic carbocycles. The smallest absolute Gasteiger partial charge is 0.270 e. The van der Waals surface area contributed by atoms with E-state index in [4.69, 9.17) is 23.2 Å². The molecule has 0 bridgehead atoms. The van der Waals surface area contributed by atoms with Crippen molar-refractivity contribution in [1.29, 1.82) is 0 Å². The first-order chi connectivity index (χ1) is 13.7. The Bertz CT molecular complexity index is 898. The van der Waals surface area contributed by atoms with E-state index in [1.54, 1.807) is 0 Å². The van der Waals surface area contributed by atoms with Crippen molar-refractivity contribution < 1.29 is 24.1 Å². The predicted octanol–water partition coefficient (Wildman–Crippen LogP) is 1.10. The molecule has 12 heteroatoms. The molecule has 0 radical (unpaired) electrons. The van der Waals surface area contributed by atoms with Gasteiger partial charge in [-0.3, -0.25) is 34.2 Å². The van der Waals surface area contributed by atoms with Crippen molar-refractivity contribution in [1.82, 2.24) is 15.1 Å². The number of piperidine rings is 1. The first-order valence-corrected chi connectivity index (χ1v) is 9.57. The third kappa shape index (κ3) is 4.33. The molecule has 3 rings (SSSR count). The molecule has 0 saturated carbocycles. The highest BCUT2D eigenvalue weighted by molar-refractivity contribution is 6.53. The van der Waals surface area contributed by atoms with Crippen LogP contribution in [0.1, 0.15) is 33.6 Å². The Kier molecular flexibility index (Phi) is 6.04. The molecule has 0 aromatic heterocycles. The molecule has 10 nitrogen and oxygen atoms in total. The molecule has 0 aliphatic carbocycles. The fourth-order valence-corrected chi connectivity index (χ4v) is 3.61. The molecular formula is C17H16Cl2N4O6. The maximum absolute atomic E-state index is 12.4. The van der Waals surface area contributed by atoms with E-state index in [-0.39, 0.29) is 22.9 Å². The Morgan fingerprint density at radius 3 is 2.38 bits per heavy atom. The van der Waals surface area contributed by atoms with Gasteiger partial charge in [0, 0.05) is 31.3 Å². The highest BCUT2D eigenvalue weighted by Crippen LogP contribution is 2.26. The van der Waals surface area contributed by atoms with Crippen LogP contribution >= 0.6 is 23.2 Å². The van der Waals surface area contributed by atoms with Crippen molar-refractivity contribution in [3.8, 4) is 0 Å². The maximum atomic E-state index is 12.4. The summed E-state index contributed by atoms with van der Waals surface area (Å²) in [4.78, 5) is 60.2. The fourth-order valence-electron chi connectivity index (χ4n) is 3.34. The monoisotopic (exact) mass is 442 g/mol. The lowest BCUT2D eigenvalue weighted by atomic mass is 10.1. The molecule has 0 spiro atoms. The van der Waals surface area contributed by atoms with Gasteiger partial charge in [-0.25, -0.2) is 0 Å². The first-order valence-electron chi connectivity index (χ1n) is 8.70. The highest BCUT2D eigenvalue weighted by atomic mass is 35.5. The molecule has 154 valence electrons. The van der Waals surface area contributed by atoms with E-state index < -0.39 is 39.9 Å². The normalized spacial score (nSPS) is 16.9. The molecular weight excluding hydrogens is 427 g/mol. The molecule has 29 heavy (non-hydrogen) atoms. The predicted molar refractivity (Wildman–Crippen MR) is 102 cm³/mol. The summed E-state index contributed by atoms with van der Waals surface area (Å²) in [6.45, 7) is 0.248. The van der Waals surface area contributed by atoms with Crippen LogP contribution in [0.3, 0.4) is 0 Å². The van der Waals surface area contributed by atoms with Crippen LogP contribution in [0.4, 0.5) is 5.69 Å².